The van der Waals surface area contributed by atoms with Gasteiger partial charge in [0.1, 0.15) is 17.0 Å². The number of amides is 1. The molecule has 30 heavy (non-hydrogen) atoms. The second-order valence-corrected chi connectivity index (χ2v) is 8.12. The van der Waals surface area contributed by atoms with Crippen LogP contribution in [0.1, 0.15) is 21.7 Å². The summed E-state index contributed by atoms with van der Waals surface area (Å²) in [5, 5.41) is 7.86. The van der Waals surface area contributed by atoms with Crippen molar-refractivity contribution in [1.82, 2.24) is 10.5 Å². The number of aryl methyl sites for hydroxylation is 1. The van der Waals surface area contributed by atoms with Gasteiger partial charge < -0.3 is 19.6 Å². The van der Waals surface area contributed by atoms with Crippen molar-refractivity contribution < 1.29 is 9.32 Å². The number of hydrogen-bond acceptors (Lipinski definition) is 5. The van der Waals surface area contributed by atoms with Gasteiger partial charge in [0.15, 0.2) is 0 Å². The summed E-state index contributed by atoms with van der Waals surface area (Å²) in [7, 11) is 7.90. The highest BCUT2D eigenvalue weighted by atomic mass is 35.5. The van der Waals surface area contributed by atoms with Crippen molar-refractivity contribution in [2.24, 2.45) is 0 Å². The summed E-state index contributed by atoms with van der Waals surface area (Å²) in [6, 6.07) is 11.2. The van der Waals surface area contributed by atoms with Crippen LogP contribution in [-0.2, 0) is 6.54 Å². The summed E-state index contributed by atoms with van der Waals surface area (Å²) in [4.78, 5) is 17.2. The van der Waals surface area contributed by atoms with E-state index >= 15 is 0 Å². The SMILES string of the molecule is Cc1onc(-c2c(Cl)cccc2Cl)c1C(=O)NCc1c(N(C)C)cccc1N(C)C. The Balaban J connectivity index is 1.96. The molecule has 0 aliphatic heterocycles. The first-order valence-electron chi connectivity index (χ1n) is 9.37. The first kappa shape index (κ1) is 22.0. The maximum absolute atomic E-state index is 13.2. The second-order valence-electron chi connectivity index (χ2n) is 7.31. The van der Waals surface area contributed by atoms with Crippen LogP contribution in [0.2, 0.25) is 10.0 Å². The molecule has 2 aromatic carbocycles. The Morgan fingerprint density at radius 3 is 2.07 bits per heavy atom. The minimum absolute atomic E-state index is 0.307. The van der Waals surface area contributed by atoms with Crippen molar-refractivity contribution in [1.29, 1.82) is 0 Å². The van der Waals surface area contributed by atoms with Gasteiger partial charge >= 0.3 is 0 Å². The van der Waals surface area contributed by atoms with Gasteiger partial charge in [-0.3, -0.25) is 4.79 Å². The first-order chi connectivity index (χ1) is 14.2. The molecule has 3 aromatic rings. The minimum atomic E-state index is -0.307. The van der Waals surface area contributed by atoms with Crippen LogP contribution in [0.4, 0.5) is 11.4 Å². The molecular formula is C22H24Cl2N4O2. The molecule has 0 bridgehead atoms. The van der Waals surface area contributed by atoms with E-state index in [-0.39, 0.29) is 5.91 Å². The van der Waals surface area contributed by atoms with Gasteiger partial charge in [0.05, 0.1) is 10.0 Å². The molecular weight excluding hydrogens is 423 g/mol. The van der Waals surface area contributed by atoms with Crippen molar-refractivity contribution in [3.63, 3.8) is 0 Å². The van der Waals surface area contributed by atoms with E-state index in [0.29, 0.717) is 39.2 Å². The van der Waals surface area contributed by atoms with Crippen LogP contribution in [0.15, 0.2) is 40.9 Å². The van der Waals surface area contributed by atoms with E-state index in [0.717, 1.165) is 16.9 Å². The Bertz CT molecular complexity index is 1030. The van der Waals surface area contributed by atoms with Crippen LogP contribution in [0.3, 0.4) is 0 Å². The number of hydrogen-bond donors (Lipinski definition) is 1. The predicted molar refractivity (Wildman–Crippen MR) is 123 cm³/mol. The molecule has 0 fully saturated rings. The summed E-state index contributed by atoms with van der Waals surface area (Å²) >= 11 is 12.7. The Morgan fingerprint density at radius 1 is 1.00 bits per heavy atom. The fraction of sp³-hybridized carbons (Fsp3) is 0.273. The van der Waals surface area contributed by atoms with E-state index in [1.807, 2.05) is 56.2 Å². The molecule has 3 rings (SSSR count). The number of anilines is 2. The Hall–Kier alpha value is -2.70. The highest BCUT2D eigenvalue weighted by Crippen LogP contribution is 2.37. The average molecular weight is 447 g/mol. The Kier molecular flexibility index (Phi) is 6.58. The quantitative estimate of drug-likeness (QED) is 0.575. The third-order valence-electron chi connectivity index (χ3n) is 4.81. The third-order valence-corrected chi connectivity index (χ3v) is 5.44. The fourth-order valence-electron chi connectivity index (χ4n) is 3.37. The minimum Gasteiger partial charge on any atom is -0.377 e. The molecule has 1 amide bonds. The van der Waals surface area contributed by atoms with E-state index < -0.39 is 0 Å². The molecule has 0 saturated heterocycles. The van der Waals surface area contributed by atoms with Crippen LogP contribution in [0.5, 0.6) is 0 Å². The van der Waals surface area contributed by atoms with Gasteiger partial charge in [-0.15, -0.1) is 0 Å². The molecule has 1 N–H and O–H groups in total. The molecule has 0 atom stereocenters. The number of rotatable bonds is 6. The molecule has 0 radical (unpaired) electrons. The zero-order valence-electron chi connectivity index (χ0n) is 17.6. The van der Waals surface area contributed by atoms with Crippen LogP contribution >= 0.6 is 23.2 Å². The van der Waals surface area contributed by atoms with Crippen LogP contribution in [0, 0.1) is 6.92 Å². The lowest BCUT2D eigenvalue weighted by molar-refractivity contribution is 0.0950. The average Bonchev–Trinajstić information content (AvgIpc) is 3.06. The van der Waals surface area contributed by atoms with Crippen molar-refractivity contribution >= 4 is 40.5 Å². The lowest BCUT2D eigenvalue weighted by atomic mass is 10.0. The van der Waals surface area contributed by atoms with Crippen molar-refractivity contribution in [3.05, 3.63) is 63.3 Å². The predicted octanol–water partition coefficient (Wildman–Crippen LogP) is 5.02. The van der Waals surface area contributed by atoms with E-state index in [2.05, 4.69) is 10.5 Å². The largest absolute Gasteiger partial charge is 0.377 e. The zero-order valence-corrected chi connectivity index (χ0v) is 19.1. The lowest BCUT2D eigenvalue weighted by Gasteiger charge is -2.24. The Morgan fingerprint density at radius 2 is 1.53 bits per heavy atom. The maximum Gasteiger partial charge on any atom is 0.257 e. The fourth-order valence-corrected chi connectivity index (χ4v) is 3.95. The number of carbonyl (C=O) groups excluding carboxylic acids is 1. The topological polar surface area (TPSA) is 61.6 Å². The molecule has 1 aromatic heterocycles. The maximum atomic E-state index is 13.2. The first-order valence-corrected chi connectivity index (χ1v) is 10.1. The highest BCUT2D eigenvalue weighted by Gasteiger charge is 2.25. The molecule has 8 heteroatoms. The summed E-state index contributed by atoms with van der Waals surface area (Å²) in [5.74, 6) is 0.0882. The monoisotopic (exact) mass is 446 g/mol. The Labute approximate surface area is 186 Å². The number of aromatic nitrogens is 1. The van der Waals surface area contributed by atoms with Crippen LogP contribution in [-0.4, -0.2) is 39.3 Å². The molecule has 0 unspecified atom stereocenters. The molecule has 1 heterocycles. The highest BCUT2D eigenvalue weighted by molar-refractivity contribution is 6.39. The zero-order chi connectivity index (χ0) is 22.0. The lowest BCUT2D eigenvalue weighted by Crippen LogP contribution is -2.26. The summed E-state index contributed by atoms with van der Waals surface area (Å²) in [6.45, 7) is 2.02. The van der Waals surface area contributed by atoms with Crippen LogP contribution < -0.4 is 15.1 Å². The number of halogens is 2. The summed E-state index contributed by atoms with van der Waals surface area (Å²) < 4.78 is 5.31. The number of carbonyl (C=O) groups is 1. The van der Waals surface area contributed by atoms with Crippen molar-refractivity contribution in [2.45, 2.75) is 13.5 Å². The van der Waals surface area contributed by atoms with Crippen LogP contribution in [0.25, 0.3) is 11.3 Å². The van der Waals surface area contributed by atoms with Gasteiger partial charge in [0.2, 0.25) is 0 Å². The van der Waals surface area contributed by atoms with Gasteiger partial charge in [-0.2, -0.15) is 0 Å². The molecule has 6 nitrogen and oxygen atoms in total. The molecule has 0 aliphatic rings. The summed E-state index contributed by atoms with van der Waals surface area (Å²) in [6.07, 6.45) is 0. The number of benzene rings is 2. The molecule has 0 aliphatic carbocycles. The standard InChI is InChI=1S/C22H24Cl2N4O2/c1-13-19(21(26-30-13)20-15(23)8-6-9-16(20)24)22(29)25-12-14-17(27(2)3)10-7-11-18(14)28(4)5/h6-11H,12H2,1-5H3,(H,25,29). The molecule has 0 saturated carbocycles. The van der Waals surface area contributed by atoms with Gasteiger partial charge in [0, 0.05) is 57.2 Å². The van der Waals surface area contributed by atoms with Gasteiger partial charge in [0.25, 0.3) is 5.91 Å². The van der Waals surface area contributed by atoms with Gasteiger partial charge in [-0.1, -0.05) is 40.5 Å². The van der Waals surface area contributed by atoms with Crippen molar-refractivity contribution in [3.8, 4) is 11.3 Å². The summed E-state index contributed by atoms with van der Waals surface area (Å²) in [5.41, 5.74) is 4.18. The van der Waals surface area contributed by atoms with Crippen molar-refractivity contribution in [2.75, 3.05) is 38.0 Å². The normalized spacial score (nSPS) is 10.8. The van der Waals surface area contributed by atoms with E-state index in [4.69, 9.17) is 27.7 Å². The number of nitrogens with one attached hydrogen (secondary N) is 1. The smallest absolute Gasteiger partial charge is 0.257 e. The van der Waals surface area contributed by atoms with E-state index in [9.17, 15) is 4.79 Å². The van der Waals surface area contributed by atoms with Gasteiger partial charge in [-0.25, -0.2) is 0 Å². The third kappa shape index (κ3) is 4.25. The second kappa shape index (κ2) is 8.98. The van der Waals surface area contributed by atoms with E-state index in [1.54, 1.807) is 25.1 Å². The molecule has 0 spiro atoms. The molecule has 158 valence electrons. The number of nitrogens with zero attached hydrogens (tertiary/aromatic N) is 3. The van der Waals surface area contributed by atoms with Gasteiger partial charge in [-0.05, 0) is 31.2 Å². The van der Waals surface area contributed by atoms with E-state index in [1.165, 1.54) is 0 Å².